The lowest BCUT2D eigenvalue weighted by Crippen LogP contribution is -2.48. The van der Waals surface area contributed by atoms with E-state index in [1.54, 1.807) is 6.08 Å². The van der Waals surface area contributed by atoms with Crippen LogP contribution in [-0.4, -0.2) is 17.0 Å². The minimum atomic E-state index is -0.638. The molecule has 1 atom stereocenters. The van der Waals surface area contributed by atoms with Gasteiger partial charge in [0.2, 0.25) is 0 Å². The summed E-state index contributed by atoms with van der Waals surface area (Å²) >= 11 is 0. The second kappa shape index (κ2) is 2.70. The molecule has 0 aliphatic carbocycles. The van der Waals surface area contributed by atoms with Crippen molar-refractivity contribution in [2.24, 2.45) is 0 Å². The van der Waals surface area contributed by atoms with E-state index in [1.165, 1.54) is 0 Å². The molecule has 0 amide bonds. The van der Waals surface area contributed by atoms with Gasteiger partial charge in [-0.25, -0.2) is 0 Å². The van der Waals surface area contributed by atoms with Gasteiger partial charge in [-0.3, -0.25) is 4.79 Å². The van der Waals surface area contributed by atoms with E-state index in [-0.39, 0.29) is 11.4 Å². The molecule has 2 heteroatoms. The zero-order valence-corrected chi connectivity index (χ0v) is 8.02. The molecular formula is C10H16O2. The van der Waals surface area contributed by atoms with E-state index in [1.807, 2.05) is 20.8 Å². The molecule has 1 aliphatic heterocycles. The Kier molecular flexibility index (Phi) is 2.13. The van der Waals surface area contributed by atoms with Crippen LogP contribution in [-0.2, 0) is 9.53 Å². The molecule has 1 heterocycles. The van der Waals surface area contributed by atoms with Crippen LogP contribution in [0.15, 0.2) is 12.7 Å². The number of hydrogen-bond donors (Lipinski definition) is 0. The van der Waals surface area contributed by atoms with E-state index < -0.39 is 5.60 Å². The van der Waals surface area contributed by atoms with Gasteiger partial charge in [0.1, 0.15) is 5.60 Å². The standard InChI is InChI=1S/C10H16O2/c1-5-10(4)7-6-8(11)9(2,3)12-10/h5H,1,6-7H2,2-4H3/t10-/m1/s1. The smallest absolute Gasteiger partial charge is 0.164 e. The zero-order valence-electron chi connectivity index (χ0n) is 8.02. The van der Waals surface area contributed by atoms with Gasteiger partial charge >= 0.3 is 0 Å². The van der Waals surface area contributed by atoms with Crippen molar-refractivity contribution in [3.05, 3.63) is 12.7 Å². The number of ketones is 1. The van der Waals surface area contributed by atoms with Gasteiger partial charge in [-0.15, -0.1) is 6.58 Å². The van der Waals surface area contributed by atoms with Crippen molar-refractivity contribution in [1.82, 2.24) is 0 Å². The maximum absolute atomic E-state index is 11.4. The fourth-order valence-corrected chi connectivity index (χ4v) is 1.50. The van der Waals surface area contributed by atoms with E-state index in [4.69, 9.17) is 4.74 Å². The highest BCUT2D eigenvalue weighted by Crippen LogP contribution is 2.33. The van der Waals surface area contributed by atoms with E-state index in [0.717, 1.165) is 6.42 Å². The highest BCUT2D eigenvalue weighted by Gasteiger charge is 2.40. The number of ether oxygens (including phenoxy) is 1. The number of carbonyl (C=O) groups is 1. The zero-order chi connectivity index (χ0) is 9.41. The summed E-state index contributed by atoms with van der Waals surface area (Å²) in [6.07, 6.45) is 3.12. The van der Waals surface area contributed by atoms with Gasteiger partial charge in [-0.2, -0.15) is 0 Å². The van der Waals surface area contributed by atoms with E-state index in [2.05, 4.69) is 6.58 Å². The SMILES string of the molecule is C=C[C@]1(C)CCC(=O)C(C)(C)O1. The first-order valence-electron chi connectivity index (χ1n) is 4.27. The van der Waals surface area contributed by atoms with E-state index in [9.17, 15) is 4.79 Å². The normalized spacial score (nSPS) is 34.8. The predicted molar refractivity (Wildman–Crippen MR) is 48.0 cm³/mol. The Morgan fingerprint density at radius 1 is 1.50 bits per heavy atom. The number of hydrogen-bond acceptors (Lipinski definition) is 2. The van der Waals surface area contributed by atoms with Crippen molar-refractivity contribution >= 4 is 5.78 Å². The van der Waals surface area contributed by atoms with E-state index >= 15 is 0 Å². The van der Waals surface area contributed by atoms with Crippen LogP contribution in [0.25, 0.3) is 0 Å². The topological polar surface area (TPSA) is 26.3 Å². The molecule has 1 saturated heterocycles. The van der Waals surface area contributed by atoms with Crippen molar-refractivity contribution in [2.45, 2.75) is 44.8 Å². The second-order valence-electron chi connectivity index (χ2n) is 4.05. The molecule has 68 valence electrons. The van der Waals surface area contributed by atoms with Gasteiger partial charge in [0, 0.05) is 6.42 Å². The molecule has 1 aliphatic rings. The van der Waals surface area contributed by atoms with Crippen molar-refractivity contribution < 1.29 is 9.53 Å². The molecule has 1 fully saturated rings. The fraction of sp³-hybridized carbons (Fsp3) is 0.700. The molecule has 0 aromatic heterocycles. The molecular weight excluding hydrogens is 152 g/mol. The van der Waals surface area contributed by atoms with Crippen molar-refractivity contribution in [2.75, 3.05) is 0 Å². The molecule has 0 bridgehead atoms. The van der Waals surface area contributed by atoms with Gasteiger partial charge in [0.05, 0.1) is 5.60 Å². The van der Waals surface area contributed by atoms with Gasteiger partial charge in [0.25, 0.3) is 0 Å². The molecule has 0 N–H and O–H groups in total. The minimum Gasteiger partial charge on any atom is -0.358 e. The van der Waals surface area contributed by atoms with Crippen molar-refractivity contribution in [1.29, 1.82) is 0 Å². The first-order chi connectivity index (χ1) is 5.40. The number of rotatable bonds is 1. The summed E-state index contributed by atoms with van der Waals surface area (Å²) in [6.45, 7) is 9.31. The summed E-state index contributed by atoms with van der Waals surface area (Å²) in [5, 5.41) is 0. The van der Waals surface area contributed by atoms with Gasteiger partial charge < -0.3 is 4.74 Å². The number of carbonyl (C=O) groups excluding carboxylic acids is 1. The minimum absolute atomic E-state index is 0.182. The highest BCUT2D eigenvalue weighted by atomic mass is 16.5. The summed E-state index contributed by atoms with van der Waals surface area (Å²) < 4.78 is 5.66. The molecule has 0 aromatic rings. The third-order valence-electron chi connectivity index (χ3n) is 2.44. The monoisotopic (exact) mass is 168 g/mol. The van der Waals surface area contributed by atoms with Crippen LogP contribution in [0.2, 0.25) is 0 Å². The van der Waals surface area contributed by atoms with Crippen LogP contribution in [0.1, 0.15) is 33.6 Å². The third-order valence-corrected chi connectivity index (χ3v) is 2.44. The van der Waals surface area contributed by atoms with Crippen LogP contribution in [0.5, 0.6) is 0 Å². The molecule has 0 radical (unpaired) electrons. The predicted octanol–water partition coefficient (Wildman–Crippen LogP) is 2.09. The van der Waals surface area contributed by atoms with Crippen LogP contribution in [0.4, 0.5) is 0 Å². The van der Waals surface area contributed by atoms with Gasteiger partial charge in [-0.1, -0.05) is 6.08 Å². The molecule has 0 spiro atoms. The Morgan fingerprint density at radius 2 is 2.08 bits per heavy atom. The summed E-state index contributed by atoms with van der Waals surface area (Å²) in [5.74, 6) is 0.182. The summed E-state index contributed by atoms with van der Waals surface area (Å²) in [6, 6.07) is 0. The molecule has 1 rings (SSSR count). The Morgan fingerprint density at radius 3 is 2.50 bits per heavy atom. The Bertz CT molecular complexity index is 215. The molecule has 0 saturated carbocycles. The maximum atomic E-state index is 11.4. The Balaban J connectivity index is 2.82. The van der Waals surface area contributed by atoms with Crippen LogP contribution in [0, 0.1) is 0 Å². The molecule has 2 nitrogen and oxygen atoms in total. The van der Waals surface area contributed by atoms with Crippen molar-refractivity contribution in [3.63, 3.8) is 0 Å². The van der Waals surface area contributed by atoms with Gasteiger partial charge in [0.15, 0.2) is 5.78 Å². The lowest BCUT2D eigenvalue weighted by Gasteiger charge is -2.40. The van der Waals surface area contributed by atoms with Crippen molar-refractivity contribution in [3.8, 4) is 0 Å². The average molecular weight is 168 g/mol. The number of Topliss-reactive ketones (excluding diaryl/α,β-unsaturated/α-hetero) is 1. The van der Waals surface area contributed by atoms with Gasteiger partial charge in [-0.05, 0) is 27.2 Å². The Hall–Kier alpha value is -0.630. The summed E-state index contributed by atoms with van der Waals surface area (Å²) in [5.41, 5.74) is -0.960. The molecule has 0 aromatic carbocycles. The Labute approximate surface area is 73.6 Å². The average Bonchev–Trinajstić information content (AvgIpc) is 1.97. The fourth-order valence-electron chi connectivity index (χ4n) is 1.50. The summed E-state index contributed by atoms with van der Waals surface area (Å²) in [4.78, 5) is 11.4. The van der Waals surface area contributed by atoms with Crippen LogP contribution >= 0.6 is 0 Å². The second-order valence-corrected chi connectivity index (χ2v) is 4.05. The van der Waals surface area contributed by atoms with E-state index in [0.29, 0.717) is 6.42 Å². The van der Waals surface area contributed by atoms with Crippen LogP contribution < -0.4 is 0 Å². The third kappa shape index (κ3) is 1.58. The molecule has 0 unspecified atom stereocenters. The largest absolute Gasteiger partial charge is 0.358 e. The maximum Gasteiger partial charge on any atom is 0.164 e. The van der Waals surface area contributed by atoms with Crippen LogP contribution in [0.3, 0.4) is 0 Å². The first-order valence-corrected chi connectivity index (χ1v) is 4.27. The highest BCUT2D eigenvalue weighted by molar-refractivity contribution is 5.87. The lowest BCUT2D eigenvalue weighted by molar-refractivity contribution is -0.169. The molecule has 12 heavy (non-hydrogen) atoms. The summed E-state index contributed by atoms with van der Waals surface area (Å²) in [7, 11) is 0. The quantitative estimate of drug-likeness (QED) is 0.560. The lowest BCUT2D eigenvalue weighted by atomic mass is 9.87. The first kappa shape index (κ1) is 9.46.